The van der Waals surface area contributed by atoms with Gasteiger partial charge < -0.3 is 15.2 Å². The molecule has 1 aromatic carbocycles. The highest BCUT2D eigenvalue weighted by Crippen LogP contribution is 2.32. The van der Waals surface area contributed by atoms with Crippen LogP contribution in [0, 0.1) is 0 Å². The van der Waals surface area contributed by atoms with Crippen LogP contribution in [-0.2, 0) is 0 Å². The highest BCUT2D eigenvalue weighted by molar-refractivity contribution is 7.20. The van der Waals surface area contributed by atoms with Crippen molar-refractivity contribution in [3.63, 3.8) is 0 Å². The Bertz CT molecular complexity index is 596. The monoisotopic (exact) mass is 278 g/mol. The van der Waals surface area contributed by atoms with Crippen molar-refractivity contribution in [2.45, 2.75) is 6.36 Å². The summed E-state index contributed by atoms with van der Waals surface area (Å²) in [4.78, 5) is 14.3. The largest absolute Gasteiger partial charge is 0.573 e. The van der Waals surface area contributed by atoms with E-state index >= 15 is 0 Å². The van der Waals surface area contributed by atoms with Crippen LogP contribution >= 0.6 is 11.3 Å². The quantitative estimate of drug-likeness (QED) is 0.916. The number of halogens is 3. The van der Waals surface area contributed by atoms with Gasteiger partial charge in [-0.15, -0.1) is 13.2 Å². The Morgan fingerprint density at radius 3 is 2.72 bits per heavy atom. The van der Waals surface area contributed by atoms with Crippen LogP contribution in [0.1, 0.15) is 0 Å². The Morgan fingerprint density at radius 1 is 1.39 bits per heavy atom. The third-order valence-electron chi connectivity index (χ3n) is 1.76. The molecular formula is C9H5F3N2O3S. The zero-order valence-electron chi connectivity index (χ0n) is 8.52. The molecule has 0 aliphatic carbocycles. The number of aromatic nitrogens is 1. The predicted octanol–water partition coefficient (Wildman–Crippen LogP) is 2.65. The maximum atomic E-state index is 12.0. The minimum Gasteiger partial charge on any atom is -0.406 e. The number of nitrogens with zero attached hydrogens (tertiary/aromatic N) is 1. The van der Waals surface area contributed by atoms with Crippen LogP contribution in [0.4, 0.5) is 18.0 Å². The summed E-state index contributed by atoms with van der Waals surface area (Å²) in [5, 5.41) is -0.0401. The zero-order chi connectivity index (χ0) is 13.3. The lowest BCUT2D eigenvalue weighted by Gasteiger charge is -2.07. The fourth-order valence-electron chi connectivity index (χ4n) is 1.21. The first kappa shape index (κ1) is 12.4. The topological polar surface area (TPSA) is 74.4 Å². The molecule has 0 bridgehead atoms. The van der Waals surface area contributed by atoms with Gasteiger partial charge in [0.15, 0.2) is 0 Å². The van der Waals surface area contributed by atoms with Gasteiger partial charge in [-0.2, -0.15) is 0 Å². The number of hydrogen-bond donors (Lipinski definition) is 1. The van der Waals surface area contributed by atoms with E-state index < -0.39 is 12.5 Å². The number of nitrogens with two attached hydrogens (primary N) is 1. The first-order chi connectivity index (χ1) is 8.33. The molecule has 1 heterocycles. The van der Waals surface area contributed by atoms with Gasteiger partial charge in [0.25, 0.3) is 5.19 Å². The summed E-state index contributed by atoms with van der Waals surface area (Å²) >= 11 is 0.884. The van der Waals surface area contributed by atoms with Crippen LogP contribution in [0.25, 0.3) is 10.2 Å². The van der Waals surface area contributed by atoms with Crippen molar-refractivity contribution in [1.29, 1.82) is 0 Å². The second-order valence-corrected chi connectivity index (χ2v) is 4.07. The number of thiazole rings is 1. The van der Waals surface area contributed by atoms with Crippen LogP contribution in [0.2, 0.25) is 0 Å². The molecule has 96 valence electrons. The fourth-order valence-corrected chi connectivity index (χ4v) is 2.06. The van der Waals surface area contributed by atoms with E-state index in [1.54, 1.807) is 0 Å². The number of alkyl halides is 3. The smallest absolute Gasteiger partial charge is 0.406 e. The standard InChI is InChI=1S/C9H5F3N2O3S/c10-9(11,12)17-4-1-2-5-6(3-4)18-8(14-5)16-7(13)15/h1-3H,(H2,13,15). The number of rotatable bonds is 2. The average molecular weight is 278 g/mol. The molecule has 0 atom stereocenters. The van der Waals surface area contributed by atoms with Crippen LogP contribution in [0.15, 0.2) is 18.2 Å². The van der Waals surface area contributed by atoms with Crippen molar-refractivity contribution in [3.8, 4) is 10.9 Å². The molecule has 1 aromatic heterocycles. The summed E-state index contributed by atoms with van der Waals surface area (Å²) < 4.78 is 44.6. The molecule has 0 unspecified atom stereocenters. The summed E-state index contributed by atoms with van der Waals surface area (Å²) in [7, 11) is 0. The second kappa shape index (κ2) is 4.33. The van der Waals surface area contributed by atoms with Gasteiger partial charge in [-0.1, -0.05) is 11.3 Å². The molecule has 0 aliphatic rings. The average Bonchev–Trinajstić information content (AvgIpc) is 2.55. The Morgan fingerprint density at radius 2 is 2.11 bits per heavy atom. The van der Waals surface area contributed by atoms with Gasteiger partial charge in [0, 0.05) is 6.07 Å². The lowest BCUT2D eigenvalue weighted by atomic mass is 10.3. The minimum atomic E-state index is -4.76. The Labute approximate surface area is 102 Å². The highest BCUT2D eigenvalue weighted by Gasteiger charge is 2.31. The third-order valence-corrected chi connectivity index (χ3v) is 2.66. The summed E-state index contributed by atoms with van der Waals surface area (Å²) in [5.74, 6) is -0.371. The minimum absolute atomic E-state index is 0.0401. The van der Waals surface area contributed by atoms with Crippen molar-refractivity contribution in [2.24, 2.45) is 5.73 Å². The molecule has 2 aromatic rings. The highest BCUT2D eigenvalue weighted by atomic mass is 32.1. The molecular weight excluding hydrogens is 273 g/mol. The van der Waals surface area contributed by atoms with Gasteiger partial charge in [-0.25, -0.2) is 9.78 Å². The predicted molar refractivity (Wildman–Crippen MR) is 56.5 cm³/mol. The van der Waals surface area contributed by atoms with Gasteiger partial charge in [-0.05, 0) is 12.1 Å². The molecule has 1 amide bonds. The summed E-state index contributed by atoms with van der Waals surface area (Å²) in [5.41, 5.74) is 5.17. The van der Waals surface area contributed by atoms with E-state index in [0.717, 1.165) is 23.5 Å². The van der Waals surface area contributed by atoms with Gasteiger partial charge in [0.1, 0.15) is 5.75 Å². The van der Waals surface area contributed by atoms with Crippen LogP contribution in [0.5, 0.6) is 10.9 Å². The van der Waals surface area contributed by atoms with Crippen molar-refractivity contribution in [3.05, 3.63) is 18.2 Å². The van der Waals surface area contributed by atoms with Crippen LogP contribution in [-0.4, -0.2) is 17.4 Å². The van der Waals surface area contributed by atoms with Crippen molar-refractivity contribution in [2.75, 3.05) is 0 Å². The van der Waals surface area contributed by atoms with E-state index in [9.17, 15) is 18.0 Å². The number of benzene rings is 1. The Kier molecular flexibility index (Phi) is 2.99. The molecule has 0 aliphatic heterocycles. The molecule has 0 fully saturated rings. The first-order valence-electron chi connectivity index (χ1n) is 4.47. The first-order valence-corrected chi connectivity index (χ1v) is 5.29. The van der Waals surface area contributed by atoms with E-state index in [2.05, 4.69) is 14.5 Å². The normalized spacial score (nSPS) is 11.5. The SMILES string of the molecule is NC(=O)Oc1nc2ccc(OC(F)(F)F)cc2s1. The van der Waals surface area contributed by atoms with Crippen LogP contribution in [0.3, 0.4) is 0 Å². The Hall–Kier alpha value is -2.03. The van der Waals surface area contributed by atoms with Crippen molar-refractivity contribution >= 4 is 27.6 Å². The summed E-state index contributed by atoms with van der Waals surface area (Å²) in [6.45, 7) is 0. The van der Waals surface area contributed by atoms with Gasteiger partial charge in [0.2, 0.25) is 0 Å². The lowest BCUT2D eigenvalue weighted by molar-refractivity contribution is -0.274. The Balaban J connectivity index is 2.30. The molecule has 2 N–H and O–H groups in total. The van der Waals surface area contributed by atoms with Gasteiger partial charge in [-0.3, -0.25) is 0 Å². The number of carbonyl (C=O) groups excluding carboxylic acids is 1. The molecule has 0 saturated carbocycles. The number of fused-ring (bicyclic) bond motifs is 1. The van der Waals surface area contributed by atoms with Crippen molar-refractivity contribution in [1.82, 2.24) is 4.98 Å². The molecule has 2 rings (SSSR count). The summed E-state index contributed by atoms with van der Waals surface area (Å²) in [6, 6.07) is 3.58. The summed E-state index contributed by atoms with van der Waals surface area (Å²) in [6.07, 6.45) is -5.80. The van der Waals surface area contributed by atoms with Gasteiger partial charge >= 0.3 is 12.5 Å². The number of carbonyl (C=O) groups is 1. The number of amides is 1. The van der Waals surface area contributed by atoms with Gasteiger partial charge in [0.05, 0.1) is 10.2 Å². The molecule has 0 radical (unpaired) electrons. The van der Waals surface area contributed by atoms with Crippen molar-refractivity contribution < 1.29 is 27.4 Å². The lowest BCUT2D eigenvalue weighted by Crippen LogP contribution is -2.16. The number of hydrogen-bond acceptors (Lipinski definition) is 5. The van der Waals surface area contributed by atoms with E-state index in [-0.39, 0.29) is 10.9 Å². The van der Waals surface area contributed by atoms with Crippen LogP contribution < -0.4 is 15.2 Å². The number of ether oxygens (including phenoxy) is 2. The molecule has 0 spiro atoms. The fraction of sp³-hybridized carbons (Fsp3) is 0.111. The molecule has 5 nitrogen and oxygen atoms in total. The van der Waals surface area contributed by atoms with E-state index in [1.807, 2.05) is 0 Å². The van der Waals surface area contributed by atoms with E-state index in [1.165, 1.54) is 6.07 Å². The number of primary amides is 1. The third kappa shape index (κ3) is 3.00. The zero-order valence-corrected chi connectivity index (χ0v) is 9.34. The maximum Gasteiger partial charge on any atom is 0.573 e. The molecule has 9 heteroatoms. The van der Waals surface area contributed by atoms with E-state index in [0.29, 0.717) is 10.2 Å². The molecule has 0 saturated heterocycles. The van der Waals surface area contributed by atoms with E-state index in [4.69, 9.17) is 5.73 Å². The maximum absolute atomic E-state index is 12.0. The second-order valence-electron chi connectivity index (χ2n) is 3.08. The molecule has 18 heavy (non-hydrogen) atoms.